The predicted octanol–water partition coefficient (Wildman–Crippen LogP) is 3.30. The summed E-state index contributed by atoms with van der Waals surface area (Å²) < 4.78 is 0. The van der Waals surface area contributed by atoms with Gasteiger partial charge in [-0.2, -0.15) is 0 Å². The third kappa shape index (κ3) is 4.87. The van der Waals surface area contributed by atoms with Gasteiger partial charge in [-0.05, 0) is 58.2 Å². The van der Waals surface area contributed by atoms with E-state index in [2.05, 4.69) is 15.5 Å². The Bertz CT molecular complexity index is 593. The maximum Gasteiger partial charge on any atom is 0.319 e. The van der Waals surface area contributed by atoms with Gasteiger partial charge in [0.25, 0.3) is 5.91 Å². The summed E-state index contributed by atoms with van der Waals surface area (Å²) in [5, 5.41) is 5.51. The highest BCUT2D eigenvalue weighted by Crippen LogP contribution is 2.28. The topological polar surface area (TPSA) is 64.7 Å². The number of benzene rings is 1. The first kappa shape index (κ1) is 19.1. The van der Waals surface area contributed by atoms with Gasteiger partial charge in [-0.15, -0.1) is 0 Å². The van der Waals surface area contributed by atoms with Crippen LogP contribution >= 0.6 is 0 Å². The minimum Gasteiger partial charge on any atom is -0.371 e. The molecular formula is C19H30N4O2. The molecule has 0 aliphatic carbocycles. The van der Waals surface area contributed by atoms with E-state index >= 15 is 0 Å². The van der Waals surface area contributed by atoms with Gasteiger partial charge in [-0.25, -0.2) is 4.79 Å². The molecule has 1 aliphatic rings. The van der Waals surface area contributed by atoms with Crippen LogP contribution in [0.4, 0.5) is 16.2 Å². The van der Waals surface area contributed by atoms with E-state index in [-0.39, 0.29) is 11.9 Å². The van der Waals surface area contributed by atoms with Crippen LogP contribution in [0.15, 0.2) is 18.2 Å². The number of rotatable bonds is 6. The Morgan fingerprint density at radius 2 is 1.76 bits per heavy atom. The highest BCUT2D eigenvalue weighted by molar-refractivity contribution is 6.02. The van der Waals surface area contributed by atoms with Crippen LogP contribution in [0.2, 0.25) is 0 Å². The summed E-state index contributed by atoms with van der Waals surface area (Å²) in [7, 11) is 0. The molecule has 1 fully saturated rings. The van der Waals surface area contributed by atoms with E-state index in [9.17, 15) is 9.59 Å². The molecule has 1 aromatic rings. The first-order chi connectivity index (χ1) is 12.1. The standard InChI is InChI=1S/C19H30N4O2/c1-4-20-19(25)21-15-10-11-17(23-12-8-7-9-13-23)16(14-15)18(24)22(5-2)6-3/h10-11,14H,4-9,12-13H2,1-3H3,(H2,20,21,25). The molecule has 1 heterocycles. The van der Waals surface area contributed by atoms with Crippen LogP contribution < -0.4 is 15.5 Å². The van der Waals surface area contributed by atoms with Crippen molar-refractivity contribution < 1.29 is 9.59 Å². The van der Waals surface area contributed by atoms with Crippen molar-refractivity contribution in [3.05, 3.63) is 23.8 Å². The molecule has 6 nitrogen and oxygen atoms in total. The number of anilines is 2. The van der Waals surface area contributed by atoms with Gasteiger partial charge in [0.1, 0.15) is 0 Å². The van der Waals surface area contributed by atoms with Crippen LogP contribution in [0.25, 0.3) is 0 Å². The lowest BCUT2D eigenvalue weighted by Gasteiger charge is -2.31. The quantitative estimate of drug-likeness (QED) is 0.831. The number of piperidine rings is 1. The van der Waals surface area contributed by atoms with E-state index in [1.165, 1.54) is 6.42 Å². The molecule has 3 amide bonds. The van der Waals surface area contributed by atoms with Gasteiger partial charge >= 0.3 is 6.03 Å². The maximum absolute atomic E-state index is 13.0. The maximum atomic E-state index is 13.0. The van der Waals surface area contributed by atoms with E-state index in [0.29, 0.717) is 30.9 Å². The van der Waals surface area contributed by atoms with Crippen molar-refractivity contribution in [2.24, 2.45) is 0 Å². The average Bonchev–Trinajstić information content (AvgIpc) is 2.63. The van der Waals surface area contributed by atoms with Gasteiger partial charge in [0.05, 0.1) is 5.56 Å². The molecule has 0 spiro atoms. The lowest BCUT2D eigenvalue weighted by Crippen LogP contribution is -2.35. The van der Waals surface area contributed by atoms with Crippen molar-refractivity contribution in [1.82, 2.24) is 10.2 Å². The van der Waals surface area contributed by atoms with Crippen molar-refractivity contribution in [1.29, 1.82) is 0 Å². The van der Waals surface area contributed by atoms with Crippen LogP contribution in [0.1, 0.15) is 50.4 Å². The second-order valence-electron chi connectivity index (χ2n) is 6.24. The Labute approximate surface area is 150 Å². The second kappa shape index (κ2) is 9.30. The van der Waals surface area contributed by atoms with Crippen LogP contribution in [0, 0.1) is 0 Å². The molecule has 0 atom stereocenters. The molecule has 2 rings (SSSR count). The molecule has 1 aromatic carbocycles. The summed E-state index contributed by atoms with van der Waals surface area (Å²) in [5.74, 6) is 0.0186. The normalized spacial score (nSPS) is 14.1. The number of carbonyl (C=O) groups excluding carboxylic acids is 2. The lowest BCUT2D eigenvalue weighted by atomic mass is 10.1. The Morgan fingerprint density at radius 1 is 1.08 bits per heavy atom. The molecular weight excluding hydrogens is 316 g/mol. The largest absolute Gasteiger partial charge is 0.371 e. The summed E-state index contributed by atoms with van der Waals surface area (Å²) in [6, 6.07) is 5.39. The molecule has 138 valence electrons. The molecule has 0 unspecified atom stereocenters. The zero-order chi connectivity index (χ0) is 18.2. The van der Waals surface area contributed by atoms with E-state index in [4.69, 9.17) is 0 Å². The minimum absolute atomic E-state index is 0.0186. The van der Waals surface area contributed by atoms with Crippen molar-refractivity contribution in [2.75, 3.05) is 42.9 Å². The fraction of sp³-hybridized carbons (Fsp3) is 0.579. The lowest BCUT2D eigenvalue weighted by molar-refractivity contribution is 0.0773. The second-order valence-corrected chi connectivity index (χ2v) is 6.24. The number of nitrogens with one attached hydrogen (secondary N) is 2. The molecule has 1 aliphatic heterocycles. The molecule has 6 heteroatoms. The number of nitrogens with zero attached hydrogens (tertiary/aromatic N) is 2. The van der Waals surface area contributed by atoms with Crippen LogP contribution in [-0.2, 0) is 0 Å². The Hall–Kier alpha value is -2.24. The van der Waals surface area contributed by atoms with E-state index < -0.39 is 0 Å². The predicted molar refractivity (Wildman–Crippen MR) is 102 cm³/mol. The Morgan fingerprint density at radius 3 is 2.36 bits per heavy atom. The van der Waals surface area contributed by atoms with E-state index in [1.54, 1.807) is 6.07 Å². The summed E-state index contributed by atoms with van der Waals surface area (Å²) in [4.78, 5) is 28.9. The first-order valence-electron chi connectivity index (χ1n) is 9.33. The number of carbonyl (C=O) groups is 2. The van der Waals surface area contributed by atoms with E-state index in [1.807, 2.05) is 37.8 Å². The van der Waals surface area contributed by atoms with Crippen molar-refractivity contribution >= 4 is 23.3 Å². The number of amides is 3. The smallest absolute Gasteiger partial charge is 0.319 e. The SMILES string of the molecule is CCNC(=O)Nc1ccc(N2CCCCC2)c(C(=O)N(CC)CC)c1. The summed E-state index contributed by atoms with van der Waals surface area (Å²) in [5.41, 5.74) is 2.28. The third-order valence-electron chi connectivity index (χ3n) is 4.57. The van der Waals surface area contributed by atoms with Crippen molar-refractivity contribution in [3.8, 4) is 0 Å². The van der Waals surface area contributed by atoms with Crippen LogP contribution in [0.3, 0.4) is 0 Å². The Balaban J connectivity index is 2.34. The van der Waals surface area contributed by atoms with Gasteiger partial charge in [0, 0.05) is 44.1 Å². The monoisotopic (exact) mass is 346 g/mol. The highest BCUT2D eigenvalue weighted by Gasteiger charge is 2.22. The summed E-state index contributed by atoms with van der Waals surface area (Å²) >= 11 is 0. The number of hydrogen-bond donors (Lipinski definition) is 2. The van der Waals surface area contributed by atoms with Crippen LogP contribution in [-0.4, -0.2) is 49.6 Å². The first-order valence-corrected chi connectivity index (χ1v) is 9.33. The van der Waals surface area contributed by atoms with Crippen molar-refractivity contribution in [3.63, 3.8) is 0 Å². The number of hydrogen-bond acceptors (Lipinski definition) is 3. The van der Waals surface area contributed by atoms with Gasteiger partial charge in [0.2, 0.25) is 0 Å². The van der Waals surface area contributed by atoms with E-state index in [0.717, 1.165) is 31.6 Å². The fourth-order valence-electron chi connectivity index (χ4n) is 3.21. The van der Waals surface area contributed by atoms with Gasteiger partial charge in [-0.3, -0.25) is 4.79 Å². The molecule has 0 saturated carbocycles. The van der Waals surface area contributed by atoms with Gasteiger partial charge < -0.3 is 20.4 Å². The van der Waals surface area contributed by atoms with Gasteiger partial charge in [0.15, 0.2) is 0 Å². The van der Waals surface area contributed by atoms with Crippen molar-refractivity contribution in [2.45, 2.75) is 40.0 Å². The third-order valence-corrected chi connectivity index (χ3v) is 4.57. The zero-order valence-corrected chi connectivity index (χ0v) is 15.6. The zero-order valence-electron chi connectivity index (χ0n) is 15.6. The molecule has 0 bridgehead atoms. The molecule has 2 N–H and O–H groups in total. The van der Waals surface area contributed by atoms with Gasteiger partial charge in [-0.1, -0.05) is 0 Å². The number of urea groups is 1. The Kier molecular flexibility index (Phi) is 7.10. The van der Waals surface area contributed by atoms with Crippen LogP contribution in [0.5, 0.6) is 0 Å². The minimum atomic E-state index is -0.255. The fourth-order valence-corrected chi connectivity index (χ4v) is 3.21. The molecule has 25 heavy (non-hydrogen) atoms. The highest BCUT2D eigenvalue weighted by atomic mass is 16.2. The average molecular weight is 346 g/mol. The molecule has 0 radical (unpaired) electrons. The molecule has 0 aromatic heterocycles. The molecule has 1 saturated heterocycles. The summed E-state index contributed by atoms with van der Waals surface area (Å²) in [6.45, 7) is 9.68. The summed E-state index contributed by atoms with van der Waals surface area (Å²) in [6.07, 6.45) is 3.54.